The lowest BCUT2D eigenvalue weighted by atomic mass is 10.1. The normalized spacial score (nSPS) is 12.6. The largest absolute Gasteiger partial charge is 0.491 e. The van der Waals surface area contributed by atoms with E-state index in [0.717, 1.165) is 5.56 Å². The molecular formula is C25H28ClN3O4. The molecule has 3 rings (SSSR count). The minimum absolute atomic E-state index is 0.0769. The average Bonchev–Trinajstić information content (AvgIpc) is 2.83. The Kier molecular flexibility index (Phi) is 9.53. The van der Waals surface area contributed by atoms with Gasteiger partial charge in [0.25, 0.3) is 0 Å². The monoisotopic (exact) mass is 469 g/mol. The van der Waals surface area contributed by atoms with E-state index in [0.29, 0.717) is 35.1 Å². The maximum absolute atomic E-state index is 12.2. The number of aliphatic hydroxyl groups excluding tert-OH is 2. The predicted molar refractivity (Wildman–Crippen MR) is 131 cm³/mol. The lowest BCUT2D eigenvalue weighted by molar-refractivity contribution is 0.0997. The zero-order chi connectivity index (χ0) is 23.5. The van der Waals surface area contributed by atoms with Crippen LogP contribution in [0.4, 0.5) is 16.2 Å². The molecule has 0 aliphatic heterocycles. The molecule has 0 spiro atoms. The molecule has 174 valence electrons. The van der Waals surface area contributed by atoms with Crippen LogP contribution in [0, 0.1) is 0 Å². The summed E-state index contributed by atoms with van der Waals surface area (Å²) in [5.74, 6) is 0.699. The number of carbonyl (C=O) groups is 1. The van der Waals surface area contributed by atoms with E-state index in [4.69, 9.17) is 16.3 Å². The highest BCUT2D eigenvalue weighted by Gasteiger charge is 2.12. The van der Waals surface area contributed by atoms with E-state index in [9.17, 15) is 15.0 Å². The van der Waals surface area contributed by atoms with Crippen LogP contribution in [-0.2, 0) is 6.42 Å². The topological polar surface area (TPSA) is 103 Å². The minimum atomic E-state index is -0.706. The lowest BCUT2D eigenvalue weighted by Crippen LogP contribution is -2.41. The SMILES string of the molecule is O=C(Nc1ccc(C[C@@H](CO)NC[C@H](O)COc2ccccc2)cc1)Nc1ccccc1Cl. The van der Waals surface area contributed by atoms with Crippen LogP contribution < -0.4 is 20.7 Å². The first-order valence-corrected chi connectivity index (χ1v) is 11.0. The third-order valence-electron chi connectivity index (χ3n) is 4.86. The first-order valence-electron chi connectivity index (χ1n) is 10.6. The second-order valence-corrected chi connectivity index (χ2v) is 7.93. The Hall–Kier alpha value is -3.10. The number of urea groups is 1. The number of amides is 2. The van der Waals surface area contributed by atoms with E-state index in [2.05, 4.69) is 16.0 Å². The molecule has 3 aromatic carbocycles. The van der Waals surface area contributed by atoms with Crippen molar-refractivity contribution in [3.05, 3.63) is 89.4 Å². The van der Waals surface area contributed by atoms with Gasteiger partial charge in [-0.15, -0.1) is 0 Å². The van der Waals surface area contributed by atoms with Crippen LogP contribution in [0.5, 0.6) is 5.75 Å². The van der Waals surface area contributed by atoms with Crippen molar-refractivity contribution in [2.75, 3.05) is 30.4 Å². The van der Waals surface area contributed by atoms with Crippen molar-refractivity contribution in [1.82, 2.24) is 5.32 Å². The second kappa shape index (κ2) is 12.8. The Morgan fingerprint density at radius 3 is 2.33 bits per heavy atom. The maximum Gasteiger partial charge on any atom is 0.323 e. The van der Waals surface area contributed by atoms with Crippen LogP contribution in [-0.4, -0.2) is 48.1 Å². The summed E-state index contributed by atoms with van der Waals surface area (Å²) in [5, 5.41) is 28.9. The first-order chi connectivity index (χ1) is 16.0. The maximum atomic E-state index is 12.2. The summed E-state index contributed by atoms with van der Waals surface area (Å²) in [6.07, 6.45) is -0.142. The number of hydrogen-bond donors (Lipinski definition) is 5. The third kappa shape index (κ3) is 8.40. The Balaban J connectivity index is 1.42. The van der Waals surface area contributed by atoms with Gasteiger partial charge in [0.1, 0.15) is 18.5 Å². The highest BCUT2D eigenvalue weighted by Crippen LogP contribution is 2.21. The molecule has 5 N–H and O–H groups in total. The quantitative estimate of drug-likeness (QED) is 0.293. The number of halogens is 1. The number of carbonyl (C=O) groups excluding carboxylic acids is 1. The molecule has 0 heterocycles. The minimum Gasteiger partial charge on any atom is -0.491 e. The highest BCUT2D eigenvalue weighted by atomic mass is 35.5. The zero-order valence-electron chi connectivity index (χ0n) is 18.1. The van der Waals surface area contributed by atoms with Gasteiger partial charge in [0, 0.05) is 18.3 Å². The molecular weight excluding hydrogens is 442 g/mol. The Morgan fingerprint density at radius 1 is 0.939 bits per heavy atom. The number of anilines is 2. The molecule has 3 aromatic rings. The van der Waals surface area contributed by atoms with Gasteiger partial charge >= 0.3 is 6.03 Å². The molecule has 33 heavy (non-hydrogen) atoms. The van der Waals surface area contributed by atoms with Gasteiger partial charge in [-0.3, -0.25) is 0 Å². The van der Waals surface area contributed by atoms with Crippen LogP contribution in [0.3, 0.4) is 0 Å². The van der Waals surface area contributed by atoms with Gasteiger partial charge in [-0.2, -0.15) is 0 Å². The number of para-hydroxylation sites is 2. The van der Waals surface area contributed by atoms with E-state index in [-0.39, 0.29) is 19.3 Å². The van der Waals surface area contributed by atoms with Crippen molar-refractivity contribution < 1.29 is 19.7 Å². The highest BCUT2D eigenvalue weighted by molar-refractivity contribution is 6.33. The van der Waals surface area contributed by atoms with Gasteiger partial charge < -0.3 is 30.9 Å². The fourth-order valence-corrected chi connectivity index (χ4v) is 3.31. The smallest absolute Gasteiger partial charge is 0.323 e. The van der Waals surface area contributed by atoms with Gasteiger partial charge in [0.2, 0.25) is 0 Å². The predicted octanol–water partition coefficient (Wildman–Crippen LogP) is 3.92. The number of aliphatic hydroxyl groups is 2. The molecule has 0 saturated heterocycles. The van der Waals surface area contributed by atoms with Crippen molar-refractivity contribution in [1.29, 1.82) is 0 Å². The van der Waals surface area contributed by atoms with Crippen molar-refractivity contribution in [2.24, 2.45) is 0 Å². The summed E-state index contributed by atoms with van der Waals surface area (Å²) in [5.41, 5.74) is 2.14. The summed E-state index contributed by atoms with van der Waals surface area (Å²) in [4.78, 5) is 12.2. The molecule has 0 saturated carbocycles. The van der Waals surface area contributed by atoms with Crippen LogP contribution in [0.2, 0.25) is 5.02 Å². The number of hydrogen-bond acceptors (Lipinski definition) is 5. The molecule has 7 nitrogen and oxygen atoms in total. The van der Waals surface area contributed by atoms with Gasteiger partial charge in [0.15, 0.2) is 0 Å². The van der Waals surface area contributed by atoms with Crippen molar-refractivity contribution in [3.63, 3.8) is 0 Å². The van der Waals surface area contributed by atoms with Crippen molar-refractivity contribution >= 4 is 29.0 Å². The lowest BCUT2D eigenvalue weighted by Gasteiger charge is -2.19. The Labute approximate surface area is 198 Å². The molecule has 0 aromatic heterocycles. The summed E-state index contributed by atoms with van der Waals surface area (Å²) in [6, 6.07) is 23.0. The summed E-state index contributed by atoms with van der Waals surface area (Å²) < 4.78 is 5.54. The molecule has 0 aliphatic carbocycles. The number of ether oxygens (including phenoxy) is 1. The van der Waals surface area contributed by atoms with Crippen LogP contribution in [0.15, 0.2) is 78.9 Å². The fourth-order valence-electron chi connectivity index (χ4n) is 3.13. The van der Waals surface area contributed by atoms with Gasteiger partial charge in [-0.1, -0.05) is 54.1 Å². The molecule has 2 atom stereocenters. The summed E-state index contributed by atoms with van der Waals surface area (Å²) in [7, 11) is 0. The Bertz CT molecular complexity index is 1000. The summed E-state index contributed by atoms with van der Waals surface area (Å²) in [6.45, 7) is 0.373. The standard InChI is InChI=1S/C25H28ClN3O4/c26-23-8-4-5-9-24(23)29-25(32)28-19-12-10-18(11-13-19)14-20(16-30)27-15-21(31)17-33-22-6-2-1-3-7-22/h1-13,20-21,27,30-31H,14-17H2,(H2,28,29,32)/t20-,21-/m0/s1. The molecule has 8 heteroatoms. The first kappa shape index (κ1) is 24.5. The number of rotatable bonds is 11. The third-order valence-corrected chi connectivity index (χ3v) is 5.19. The molecule has 0 bridgehead atoms. The zero-order valence-corrected chi connectivity index (χ0v) is 18.8. The fraction of sp³-hybridized carbons (Fsp3) is 0.240. The molecule has 0 radical (unpaired) electrons. The van der Waals surface area contributed by atoms with Crippen LogP contribution in [0.1, 0.15) is 5.56 Å². The van der Waals surface area contributed by atoms with E-state index in [1.54, 1.807) is 36.4 Å². The second-order valence-electron chi connectivity index (χ2n) is 7.53. The average molecular weight is 470 g/mol. The summed E-state index contributed by atoms with van der Waals surface area (Å²) >= 11 is 6.05. The van der Waals surface area contributed by atoms with Crippen molar-refractivity contribution in [2.45, 2.75) is 18.6 Å². The molecule has 2 amide bonds. The number of nitrogens with one attached hydrogen (secondary N) is 3. The van der Waals surface area contributed by atoms with E-state index >= 15 is 0 Å². The molecule has 0 aliphatic rings. The Morgan fingerprint density at radius 2 is 1.64 bits per heavy atom. The molecule has 0 unspecified atom stereocenters. The van der Waals surface area contributed by atoms with Gasteiger partial charge in [-0.25, -0.2) is 4.79 Å². The number of benzene rings is 3. The van der Waals surface area contributed by atoms with E-state index < -0.39 is 12.1 Å². The van der Waals surface area contributed by atoms with E-state index in [1.165, 1.54) is 0 Å². The van der Waals surface area contributed by atoms with Crippen LogP contribution >= 0.6 is 11.6 Å². The van der Waals surface area contributed by atoms with Crippen LogP contribution in [0.25, 0.3) is 0 Å². The van der Waals surface area contributed by atoms with Gasteiger partial charge in [0.05, 0.1) is 17.3 Å². The molecule has 0 fully saturated rings. The van der Waals surface area contributed by atoms with E-state index in [1.807, 2.05) is 42.5 Å². The van der Waals surface area contributed by atoms with Crippen molar-refractivity contribution in [3.8, 4) is 5.75 Å². The van der Waals surface area contributed by atoms with Gasteiger partial charge in [-0.05, 0) is 48.4 Å².